The molecule has 4 nitrogen and oxygen atoms in total. The minimum absolute atomic E-state index is 0. The van der Waals surface area contributed by atoms with Gasteiger partial charge in [-0.1, -0.05) is 128 Å². The van der Waals surface area contributed by atoms with Gasteiger partial charge in [-0.3, -0.25) is 4.98 Å². The van der Waals surface area contributed by atoms with Crippen LogP contribution in [-0.4, -0.2) is 15.1 Å². The van der Waals surface area contributed by atoms with Gasteiger partial charge in [-0.05, 0) is 117 Å². The summed E-state index contributed by atoms with van der Waals surface area (Å²) in [5.74, 6) is 1.67. The van der Waals surface area contributed by atoms with Crippen molar-refractivity contribution in [3.8, 4) is 39.9 Å². The molecule has 1 N–H and O–H groups in total. The Labute approximate surface area is 347 Å². The minimum atomic E-state index is 0. The Hall–Kier alpha value is -4.27. The topological polar surface area (TPSA) is 55.2 Å². The van der Waals surface area contributed by atoms with Crippen LogP contribution in [0, 0.1) is 22.3 Å². The molecule has 2 aromatic heterocycles. The van der Waals surface area contributed by atoms with Gasteiger partial charge < -0.3 is 9.84 Å². The molecule has 1 fully saturated rings. The summed E-state index contributed by atoms with van der Waals surface area (Å²) in [5, 5.41) is 13.2. The summed E-state index contributed by atoms with van der Waals surface area (Å²) in [4.78, 5) is 10.0. The summed E-state index contributed by atoms with van der Waals surface area (Å²) >= 11 is 0. The molecule has 1 saturated carbocycles. The second-order valence-corrected chi connectivity index (χ2v) is 19.5. The number of pyridine rings is 2. The maximum absolute atomic E-state index is 10.9. The van der Waals surface area contributed by atoms with Gasteiger partial charge in [0.15, 0.2) is 0 Å². The van der Waals surface area contributed by atoms with Crippen LogP contribution >= 0.6 is 0 Å². The summed E-state index contributed by atoms with van der Waals surface area (Å²) in [6.45, 7) is 19.4. The van der Waals surface area contributed by atoms with Gasteiger partial charge in [-0.25, -0.2) is 4.98 Å². The van der Waals surface area contributed by atoms with E-state index in [1.54, 1.807) is 6.07 Å². The monoisotopic (exact) mass is 920 g/mol. The van der Waals surface area contributed by atoms with Gasteiger partial charge in [0.1, 0.15) is 0 Å². The van der Waals surface area contributed by atoms with E-state index in [0.717, 1.165) is 53.6 Å². The number of rotatable bonds is 5. The molecule has 9 rings (SSSR count). The predicted octanol–water partition coefficient (Wildman–Crippen LogP) is 12.9. The van der Waals surface area contributed by atoms with Crippen molar-refractivity contribution >= 4 is 10.8 Å². The van der Waals surface area contributed by atoms with Gasteiger partial charge in [0.25, 0.3) is 0 Å². The summed E-state index contributed by atoms with van der Waals surface area (Å²) in [6, 6.07) is 37.3. The normalized spacial score (nSPS) is 19.6. The third-order valence-electron chi connectivity index (χ3n) is 14.0. The zero-order chi connectivity index (χ0) is 38.5. The molecule has 56 heavy (non-hydrogen) atoms. The van der Waals surface area contributed by atoms with Crippen molar-refractivity contribution in [2.45, 2.75) is 104 Å². The van der Waals surface area contributed by atoms with E-state index >= 15 is 0 Å². The first-order valence-corrected chi connectivity index (χ1v) is 20.1. The average Bonchev–Trinajstić information content (AvgIpc) is 3.58. The smallest absolute Gasteiger partial charge is 0.217 e. The van der Waals surface area contributed by atoms with E-state index in [-0.39, 0.29) is 53.9 Å². The van der Waals surface area contributed by atoms with Crippen LogP contribution in [0.25, 0.3) is 33.3 Å². The molecular weight excluding hydrogens is 868 g/mol. The average molecular weight is 921 g/mol. The van der Waals surface area contributed by atoms with Crippen LogP contribution in [-0.2, 0) is 44.7 Å². The van der Waals surface area contributed by atoms with Gasteiger partial charge >= 0.3 is 0 Å². The largest absolute Gasteiger partial charge is 0.517 e. The van der Waals surface area contributed by atoms with Gasteiger partial charge in [-0.2, -0.15) is 0 Å². The number of benzene rings is 4. The van der Waals surface area contributed by atoms with Gasteiger partial charge in [-0.15, -0.1) is 17.2 Å². The summed E-state index contributed by atoms with van der Waals surface area (Å²) < 4.78 is 6.63. The third-order valence-corrected chi connectivity index (χ3v) is 14.0. The quantitative estimate of drug-likeness (QED) is 0.175. The van der Waals surface area contributed by atoms with Crippen molar-refractivity contribution in [2.75, 3.05) is 0 Å². The Bertz CT molecular complexity index is 2440. The van der Waals surface area contributed by atoms with E-state index < -0.39 is 0 Å². The Morgan fingerprint density at radius 2 is 1.36 bits per heavy atom. The Kier molecular flexibility index (Phi) is 9.24. The number of phenolic OH excluding ortho intramolecular Hbond substituents is 1. The van der Waals surface area contributed by atoms with E-state index in [1.807, 2.05) is 42.6 Å². The van der Waals surface area contributed by atoms with E-state index in [4.69, 9.17) is 14.7 Å². The van der Waals surface area contributed by atoms with Crippen LogP contribution in [0.4, 0.5) is 0 Å². The molecule has 0 atom stereocenters. The van der Waals surface area contributed by atoms with Gasteiger partial charge in [0, 0.05) is 44.5 Å². The minimum Gasteiger partial charge on any atom is -0.517 e. The standard InChI is InChI=1S/C51H53N2O2.Pt/c1-47(2)27-37(28-48(3,4)31-47)33-23-34(39-14-9-12-18-44(39)54)25-38(24-33)55-45-19-13-17-43(53-45)46-40-26-36-30-51(29-35(36)22-32(40)20-21-52-46)49(5,6)41-15-10-11-16-42(41)50(51,7)8;/h9-24,26,37,54H,27-31H2,1-8H3;/q-1;. The van der Waals surface area contributed by atoms with Gasteiger partial charge in [0.05, 0.1) is 17.1 Å². The second kappa shape index (κ2) is 13.4. The van der Waals surface area contributed by atoms with Gasteiger partial charge in [0.2, 0.25) is 5.88 Å². The fourth-order valence-electron chi connectivity index (χ4n) is 11.8. The van der Waals surface area contributed by atoms with Crippen LogP contribution in [0.2, 0.25) is 0 Å². The maximum Gasteiger partial charge on any atom is 0.217 e. The number of fused-ring (bicyclic) bond motifs is 3. The molecule has 0 amide bonds. The van der Waals surface area contributed by atoms with Crippen molar-refractivity contribution in [1.29, 1.82) is 0 Å². The van der Waals surface area contributed by atoms with Crippen molar-refractivity contribution in [1.82, 2.24) is 9.97 Å². The maximum atomic E-state index is 10.9. The first-order chi connectivity index (χ1) is 26.1. The molecule has 0 radical (unpaired) electrons. The Morgan fingerprint density at radius 1 is 0.714 bits per heavy atom. The number of phenols is 1. The summed E-state index contributed by atoms with van der Waals surface area (Å²) in [6.07, 6.45) is 7.37. The number of aromatic nitrogens is 2. The first kappa shape index (κ1) is 38.6. The van der Waals surface area contributed by atoms with Crippen LogP contribution in [0.5, 0.6) is 17.4 Å². The zero-order valence-electron chi connectivity index (χ0n) is 34.0. The molecule has 0 aliphatic heterocycles. The van der Waals surface area contributed by atoms with E-state index in [0.29, 0.717) is 17.5 Å². The van der Waals surface area contributed by atoms with Crippen LogP contribution in [0.15, 0.2) is 103 Å². The molecule has 1 spiro atoms. The molecule has 3 aliphatic carbocycles. The first-order valence-electron chi connectivity index (χ1n) is 20.1. The predicted molar refractivity (Wildman–Crippen MR) is 224 cm³/mol. The molecule has 4 aromatic carbocycles. The Balaban J connectivity index is 0.00000441. The molecule has 5 heteroatoms. The number of ether oxygens (including phenoxy) is 1. The summed E-state index contributed by atoms with van der Waals surface area (Å²) in [7, 11) is 0. The molecule has 290 valence electrons. The molecule has 0 bridgehead atoms. The van der Waals surface area contributed by atoms with Crippen LogP contribution in [0.1, 0.15) is 108 Å². The molecular formula is C51H53N2O2Pt-. The molecule has 6 aromatic rings. The SMILES string of the molecule is CC1(C)CC(c2cc(Oc3cccc(-c4nccc5cc6c(cc45)CC4(C6)C(C)(C)c5ccccc5C4(C)C)n3)[c-]c(-c3ccccc3O)c2)CC(C)(C)C1.[Pt]. The number of aromatic hydroxyl groups is 1. The molecule has 2 heterocycles. The molecule has 0 saturated heterocycles. The fourth-order valence-corrected chi connectivity index (χ4v) is 11.8. The van der Waals surface area contributed by atoms with E-state index in [9.17, 15) is 5.11 Å². The number of hydrogen-bond acceptors (Lipinski definition) is 4. The van der Waals surface area contributed by atoms with Crippen molar-refractivity contribution in [2.24, 2.45) is 16.2 Å². The number of hydrogen-bond donors (Lipinski definition) is 1. The number of nitrogens with zero attached hydrogens (tertiary/aromatic N) is 2. The van der Waals surface area contributed by atoms with Crippen molar-refractivity contribution < 1.29 is 30.9 Å². The van der Waals surface area contributed by atoms with Crippen molar-refractivity contribution in [3.05, 3.63) is 137 Å². The summed E-state index contributed by atoms with van der Waals surface area (Å²) in [5.41, 5.74) is 10.8. The van der Waals surface area contributed by atoms with Crippen LogP contribution in [0.3, 0.4) is 0 Å². The van der Waals surface area contributed by atoms with Crippen LogP contribution < -0.4 is 4.74 Å². The Morgan fingerprint density at radius 3 is 2.04 bits per heavy atom. The molecule has 3 aliphatic rings. The molecule has 0 unspecified atom stereocenters. The van der Waals surface area contributed by atoms with E-state index in [2.05, 4.69) is 116 Å². The zero-order valence-corrected chi connectivity index (χ0v) is 36.3. The second-order valence-electron chi connectivity index (χ2n) is 19.5. The number of para-hydroxylation sites is 1. The fraction of sp³-hybridized carbons (Fsp3) is 0.373. The third kappa shape index (κ3) is 6.22. The van der Waals surface area contributed by atoms with E-state index in [1.165, 1.54) is 39.6 Å². The van der Waals surface area contributed by atoms with Crippen molar-refractivity contribution in [3.63, 3.8) is 0 Å².